The molecule has 3 aromatic carbocycles. The highest BCUT2D eigenvalue weighted by atomic mass is 32.2. The average Bonchev–Trinajstić information content (AvgIpc) is 3.19. The molecule has 0 saturated carbocycles. The topological polar surface area (TPSA) is 85.1 Å². The van der Waals surface area contributed by atoms with E-state index in [1.807, 2.05) is 0 Å². The number of hydrogen-bond donors (Lipinski definition) is 1. The molecule has 6 nitrogen and oxygen atoms in total. The van der Waals surface area contributed by atoms with E-state index in [0.29, 0.717) is 16.8 Å². The molecule has 0 aliphatic carbocycles. The van der Waals surface area contributed by atoms with Crippen molar-refractivity contribution in [2.24, 2.45) is 0 Å². The van der Waals surface area contributed by atoms with Gasteiger partial charge >= 0.3 is 0 Å². The number of hydrogen-bond acceptors (Lipinski definition) is 5. The lowest BCUT2D eigenvalue weighted by atomic mass is 10.2. The molecule has 140 valence electrons. The van der Waals surface area contributed by atoms with Crippen LogP contribution >= 0.6 is 0 Å². The molecule has 0 spiro atoms. The first-order valence-electron chi connectivity index (χ1n) is 8.29. The second-order valence-electron chi connectivity index (χ2n) is 5.93. The molecule has 0 amide bonds. The molecule has 0 radical (unpaired) electrons. The van der Waals surface area contributed by atoms with Crippen LogP contribution in [0.15, 0.2) is 88.3 Å². The van der Waals surface area contributed by atoms with Crippen molar-refractivity contribution in [2.45, 2.75) is 4.90 Å². The summed E-state index contributed by atoms with van der Waals surface area (Å²) in [7, 11) is -3.71. The molecule has 28 heavy (non-hydrogen) atoms. The number of nitrogens with zero attached hydrogens (tertiary/aromatic N) is 2. The Kier molecular flexibility index (Phi) is 4.62. The van der Waals surface area contributed by atoms with Gasteiger partial charge in [0.2, 0.25) is 5.82 Å². The van der Waals surface area contributed by atoms with Crippen LogP contribution in [0.3, 0.4) is 0 Å². The molecule has 0 saturated heterocycles. The second kappa shape index (κ2) is 7.24. The maximum absolute atomic E-state index is 13.4. The molecule has 0 unspecified atom stereocenters. The minimum Gasteiger partial charge on any atom is -0.334 e. The molecule has 0 aliphatic rings. The van der Waals surface area contributed by atoms with Gasteiger partial charge in [0.15, 0.2) is 0 Å². The lowest BCUT2D eigenvalue weighted by Gasteiger charge is -2.08. The highest BCUT2D eigenvalue weighted by Crippen LogP contribution is 2.25. The summed E-state index contributed by atoms with van der Waals surface area (Å²) in [5.74, 6) is 0.0272. The van der Waals surface area contributed by atoms with Crippen LogP contribution in [-0.2, 0) is 10.0 Å². The highest BCUT2D eigenvalue weighted by molar-refractivity contribution is 7.92. The Morgan fingerprint density at radius 1 is 0.857 bits per heavy atom. The first-order valence-corrected chi connectivity index (χ1v) is 9.77. The zero-order valence-electron chi connectivity index (χ0n) is 14.4. The molecule has 1 aromatic heterocycles. The predicted molar refractivity (Wildman–Crippen MR) is 102 cm³/mol. The largest absolute Gasteiger partial charge is 0.334 e. The van der Waals surface area contributed by atoms with Crippen LogP contribution in [0.25, 0.3) is 22.8 Å². The lowest BCUT2D eigenvalue weighted by Crippen LogP contribution is -2.12. The summed E-state index contributed by atoms with van der Waals surface area (Å²) < 4.78 is 46.1. The van der Waals surface area contributed by atoms with E-state index in [1.165, 1.54) is 24.3 Å². The minimum atomic E-state index is -3.71. The van der Waals surface area contributed by atoms with E-state index >= 15 is 0 Å². The molecule has 1 N–H and O–H groups in total. The van der Waals surface area contributed by atoms with E-state index in [9.17, 15) is 12.8 Å². The fourth-order valence-corrected chi connectivity index (χ4v) is 3.69. The Morgan fingerprint density at radius 2 is 1.61 bits per heavy atom. The summed E-state index contributed by atoms with van der Waals surface area (Å²) in [5.41, 5.74) is 1.37. The van der Waals surface area contributed by atoms with E-state index in [0.717, 1.165) is 0 Å². The van der Waals surface area contributed by atoms with E-state index < -0.39 is 15.8 Å². The van der Waals surface area contributed by atoms with Gasteiger partial charge in [-0.15, -0.1) is 0 Å². The summed E-state index contributed by atoms with van der Waals surface area (Å²) in [6.45, 7) is 0. The number of halogens is 1. The second-order valence-corrected chi connectivity index (χ2v) is 7.62. The van der Waals surface area contributed by atoms with Crippen molar-refractivity contribution >= 4 is 15.7 Å². The number of rotatable bonds is 5. The van der Waals surface area contributed by atoms with Gasteiger partial charge in [-0.1, -0.05) is 41.6 Å². The Bertz CT molecular complexity index is 1220. The third kappa shape index (κ3) is 3.77. The Morgan fingerprint density at radius 3 is 2.39 bits per heavy atom. The van der Waals surface area contributed by atoms with Crippen LogP contribution in [0.2, 0.25) is 0 Å². The van der Waals surface area contributed by atoms with Gasteiger partial charge in [0, 0.05) is 16.8 Å². The zero-order chi connectivity index (χ0) is 19.6. The van der Waals surface area contributed by atoms with Crippen molar-refractivity contribution in [1.29, 1.82) is 0 Å². The van der Waals surface area contributed by atoms with Crippen LogP contribution in [0.4, 0.5) is 10.1 Å². The molecule has 4 aromatic rings. The Hall–Kier alpha value is -3.52. The normalized spacial score (nSPS) is 11.3. The van der Waals surface area contributed by atoms with Gasteiger partial charge in [-0.3, -0.25) is 4.72 Å². The van der Waals surface area contributed by atoms with Crippen molar-refractivity contribution < 1.29 is 17.3 Å². The number of anilines is 1. The first kappa shape index (κ1) is 17.9. The number of benzene rings is 3. The Labute approximate surface area is 160 Å². The summed E-state index contributed by atoms with van der Waals surface area (Å²) in [6, 6.07) is 20.5. The monoisotopic (exact) mass is 395 g/mol. The standard InChI is InChI=1S/C20H14FN3O3S/c21-16-8-4-7-15(12-16)20-22-19(23-27-20)14-6-5-9-17(13-14)24-28(25,26)18-10-2-1-3-11-18/h1-13,24H. The quantitative estimate of drug-likeness (QED) is 0.543. The van der Waals surface area contributed by atoms with Crippen molar-refractivity contribution in [1.82, 2.24) is 10.1 Å². The number of aromatic nitrogens is 2. The number of sulfonamides is 1. The molecular weight excluding hydrogens is 381 g/mol. The first-order chi connectivity index (χ1) is 13.5. The predicted octanol–water partition coefficient (Wildman–Crippen LogP) is 4.34. The van der Waals surface area contributed by atoms with Crippen LogP contribution < -0.4 is 4.72 Å². The van der Waals surface area contributed by atoms with Crippen LogP contribution in [0, 0.1) is 5.82 Å². The van der Waals surface area contributed by atoms with Crippen LogP contribution in [0.1, 0.15) is 0 Å². The van der Waals surface area contributed by atoms with Gasteiger partial charge in [0.25, 0.3) is 15.9 Å². The van der Waals surface area contributed by atoms with Gasteiger partial charge in [0.05, 0.1) is 4.90 Å². The lowest BCUT2D eigenvalue weighted by molar-refractivity contribution is 0.432. The molecule has 0 atom stereocenters. The molecule has 8 heteroatoms. The molecule has 0 fully saturated rings. The summed E-state index contributed by atoms with van der Waals surface area (Å²) in [6.07, 6.45) is 0. The van der Waals surface area contributed by atoms with Crippen molar-refractivity contribution in [3.05, 3.63) is 84.7 Å². The van der Waals surface area contributed by atoms with E-state index in [2.05, 4.69) is 14.9 Å². The summed E-state index contributed by atoms with van der Waals surface area (Å²) in [4.78, 5) is 4.43. The summed E-state index contributed by atoms with van der Waals surface area (Å²) in [5, 5.41) is 3.90. The van der Waals surface area contributed by atoms with Crippen molar-refractivity contribution in [3.8, 4) is 22.8 Å². The maximum atomic E-state index is 13.4. The number of nitrogens with one attached hydrogen (secondary N) is 1. The van der Waals surface area contributed by atoms with Gasteiger partial charge < -0.3 is 4.52 Å². The molecule has 0 bridgehead atoms. The molecular formula is C20H14FN3O3S. The fourth-order valence-electron chi connectivity index (χ4n) is 2.61. The smallest absolute Gasteiger partial charge is 0.261 e. The highest BCUT2D eigenvalue weighted by Gasteiger charge is 2.15. The van der Waals surface area contributed by atoms with E-state index in [1.54, 1.807) is 54.6 Å². The summed E-state index contributed by atoms with van der Waals surface area (Å²) >= 11 is 0. The molecule has 4 rings (SSSR count). The minimum absolute atomic E-state index is 0.161. The third-order valence-electron chi connectivity index (χ3n) is 3.92. The maximum Gasteiger partial charge on any atom is 0.261 e. The molecule has 0 aliphatic heterocycles. The zero-order valence-corrected chi connectivity index (χ0v) is 15.2. The average molecular weight is 395 g/mol. The fraction of sp³-hybridized carbons (Fsp3) is 0. The van der Waals surface area contributed by atoms with Gasteiger partial charge in [-0.25, -0.2) is 12.8 Å². The Balaban J connectivity index is 1.61. The van der Waals surface area contributed by atoms with E-state index in [4.69, 9.17) is 4.52 Å². The SMILES string of the molecule is O=S(=O)(Nc1cccc(-c2noc(-c3cccc(F)c3)n2)c1)c1ccccc1. The van der Waals surface area contributed by atoms with E-state index in [-0.39, 0.29) is 16.6 Å². The van der Waals surface area contributed by atoms with Gasteiger partial charge in [-0.2, -0.15) is 4.98 Å². The molecule has 1 heterocycles. The van der Waals surface area contributed by atoms with Crippen molar-refractivity contribution in [3.63, 3.8) is 0 Å². The van der Waals surface area contributed by atoms with Gasteiger partial charge in [-0.05, 0) is 42.5 Å². The van der Waals surface area contributed by atoms with Crippen LogP contribution in [-0.4, -0.2) is 18.6 Å². The van der Waals surface area contributed by atoms with Gasteiger partial charge in [0.1, 0.15) is 5.82 Å². The van der Waals surface area contributed by atoms with Crippen LogP contribution in [0.5, 0.6) is 0 Å². The van der Waals surface area contributed by atoms with Crippen molar-refractivity contribution in [2.75, 3.05) is 4.72 Å². The third-order valence-corrected chi connectivity index (χ3v) is 5.32.